The fourth-order valence-electron chi connectivity index (χ4n) is 1.53. The second-order valence-electron chi connectivity index (χ2n) is 3.30. The number of benzene rings is 1. The van der Waals surface area contributed by atoms with Crippen molar-refractivity contribution in [1.82, 2.24) is 9.55 Å². The standard InChI is InChI=1S/C10H9FN2O3/c11-6-1-2-7-8(5-6)12-10(16)13(3-4-14)9(7)15/h1-2,5,14H,3-4H2,(H,12,16). The van der Waals surface area contributed by atoms with Gasteiger partial charge in [0.15, 0.2) is 0 Å². The Balaban J connectivity index is 2.84. The van der Waals surface area contributed by atoms with Gasteiger partial charge >= 0.3 is 5.69 Å². The molecule has 2 N–H and O–H groups in total. The molecule has 16 heavy (non-hydrogen) atoms. The van der Waals surface area contributed by atoms with E-state index in [0.29, 0.717) is 0 Å². The lowest BCUT2D eigenvalue weighted by molar-refractivity contribution is 0.272. The summed E-state index contributed by atoms with van der Waals surface area (Å²) in [7, 11) is 0. The van der Waals surface area contributed by atoms with Gasteiger partial charge in [0.05, 0.1) is 24.1 Å². The minimum atomic E-state index is -0.655. The van der Waals surface area contributed by atoms with Crippen molar-refractivity contribution >= 4 is 10.9 Å². The first kappa shape index (κ1) is 10.6. The molecule has 0 spiro atoms. The molecule has 0 aliphatic carbocycles. The maximum atomic E-state index is 12.9. The molecule has 0 aliphatic rings. The van der Waals surface area contributed by atoms with Crippen LogP contribution in [0.25, 0.3) is 10.9 Å². The van der Waals surface area contributed by atoms with Gasteiger partial charge in [0.1, 0.15) is 5.82 Å². The molecule has 5 nitrogen and oxygen atoms in total. The van der Waals surface area contributed by atoms with Crippen LogP contribution in [0.3, 0.4) is 0 Å². The van der Waals surface area contributed by atoms with Gasteiger partial charge in [0.25, 0.3) is 5.56 Å². The van der Waals surface area contributed by atoms with Gasteiger partial charge in [-0.05, 0) is 18.2 Å². The second-order valence-corrected chi connectivity index (χ2v) is 3.30. The van der Waals surface area contributed by atoms with E-state index in [0.717, 1.165) is 16.7 Å². The Morgan fingerprint density at radius 2 is 2.12 bits per heavy atom. The third kappa shape index (κ3) is 1.63. The number of hydrogen-bond acceptors (Lipinski definition) is 3. The SMILES string of the molecule is O=c1[nH]c2cc(F)ccc2c(=O)n1CCO. The maximum Gasteiger partial charge on any atom is 0.328 e. The van der Waals surface area contributed by atoms with Crippen molar-refractivity contribution in [2.45, 2.75) is 6.54 Å². The topological polar surface area (TPSA) is 75.1 Å². The summed E-state index contributed by atoms with van der Waals surface area (Å²) in [4.78, 5) is 25.6. The highest BCUT2D eigenvalue weighted by atomic mass is 19.1. The van der Waals surface area contributed by atoms with Gasteiger partial charge in [-0.15, -0.1) is 0 Å². The van der Waals surface area contributed by atoms with Crippen molar-refractivity contribution in [1.29, 1.82) is 0 Å². The quantitative estimate of drug-likeness (QED) is 0.743. The summed E-state index contributed by atoms with van der Waals surface area (Å²) in [5.74, 6) is -0.526. The number of aromatic nitrogens is 2. The molecule has 6 heteroatoms. The number of aromatic amines is 1. The first-order valence-corrected chi connectivity index (χ1v) is 4.66. The molecule has 84 valence electrons. The summed E-state index contributed by atoms with van der Waals surface area (Å²) in [5.41, 5.74) is -1.03. The maximum absolute atomic E-state index is 12.9. The van der Waals surface area contributed by atoms with Crippen molar-refractivity contribution in [3.05, 3.63) is 44.9 Å². The van der Waals surface area contributed by atoms with Crippen molar-refractivity contribution in [2.24, 2.45) is 0 Å². The van der Waals surface area contributed by atoms with Gasteiger partial charge in [-0.25, -0.2) is 9.18 Å². The fraction of sp³-hybridized carbons (Fsp3) is 0.200. The molecule has 0 amide bonds. The Bertz CT molecular complexity index is 645. The predicted molar refractivity (Wildman–Crippen MR) is 55.9 cm³/mol. The van der Waals surface area contributed by atoms with E-state index in [1.54, 1.807) is 0 Å². The summed E-state index contributed by atoms with van der Waals surface area (Å²) < 4.78 is 13.8. The fourth-order valence-corrected chi connectivity index (χ4v) is 1.53. The molecule has 2 rings (SSSR count). The van der Waals surface area contributed by atoms with Crippen LogP contribution in [0.4, 0.5) is 4.39 Å². The van der Waals surface area contributed by atoms with Crippen LogP contribution in [0.2, 0.25) is 0 Å². The first-order valence-electron chi connectivity index (χ1n) is 4.66. The molecule has 1 aromatic carbocycles. The van der Waals surface area contributed by atoms with Gasteiger partial charge in [-0.1, -0.05) is 0 Å². The van der Waals surface area contributed by atoms with Crippen LogP contribution in [0, 0.1) is 5.82 Å². The minimum Gasteiger partial charge on any atom is -0.395 e. The molecule has 0 bridgehead atoms. The van der Waals surface area contributed by atoms with Crippen molar-refractivity contribution < 1.29 is 9.50 Å². The Morgan fingerprint density at radius 3 is 2.81 bits per heavy atom. The number of nitrogens with zero attached hydrogens (tertiary/aromatic N) is 1. The number of rotatable bonds is 2. The summed E-state index contributed by atoms with van der Waals surface area (Å²) in [6.07, 6.45) is 0. The van der Waals surface area contributed by atoms with Crippen LogP contribution in [0.1, 0.15) is 0 Å². The Labute approximate surface area is 88.8 Å². The number of hydrogen-bond donors (Lipinski definition) is 2. The summed E-state index contributed by atoms with van der Waals surface area (Å²) in [6.45, 7) is -0.392. The highest BCUT2D eigenvalue weighted by Crippen LogP contribution is 2.06. The molecule has 1 aromatic heterocycles. The average molecular weight is 224 g/mol. The van der Waals surface area contributed by atoms with Crippen LogP contribution >= 0.6 is 0 Å². The molecule has 1 heterocycles. The first-order chi connectivity index (χ1) is 7.63. The third-order valence-corrected chi connectivity index (χ3v) is 2.27. The Hall–Kier alpha value is -1.95. The lowest BCUT2D eigenvalue weighted by Crippen LogP contribution is -2.35. The zero-order valence-corrected chi connectivity index (χ0v) is 8.24. The minimum absolute atomic E-state index is 0.0819. The number of nitrogens with one attached hydrogen (secondary N) is 1. The van der Waals surface area contributed by atoms with E-state index in [1.807, 2.05) is 0 Å². The molecule has 0 aliphatic heterocycles. The number of H-pyrrole nitrogens is 1. The third-order valence-electron chi connectivity index (χ3n) is 2.27. The Morgan fingerprint density at radius 1 is 1.38 bits per heavy atom. The molecule has 0 atom stereocenters. The van der Waals surface area contributed by atoms with Gasteiger partial charge in [-0.2, -0.15) is 0 Å². The van der Waals surface area contributed by atoms with E-state index >= 15 is 0 Å². The van der Waals surface area contributed by atoms with Gasteiger partial charge in [0, 0.05) is 0 Å². The largest absolute Gasteiger partial charge is 0.395 e. The van der Waals surface area contributed by atoms with Crippen LogP contribution < -0.4 is 11.2 Å². The van der Waals surface area contributed by atoms with Crippen LogP contribution in [-0.2, 0) is 6.54 Å². The molecular formula is C10H9FN2O3. The molecule has 0 radical (unpaired) electrons. The zero-order valence-electron chi connectivity index (χ0n) is 8.24. The van der Waals surface area contributed by atoms with Crippen LogP contribution in [-0.4, -0.2) is 21.3 Å². The summed E-state index contributed by atoms with van der Waals surface area (Å²) in [6, 6.07) is 3.53. The van der Waals surface area contributed by atoms with Gasteiger partial charge in [0.2, 0.25) is 0 Å². The number of halogens is 1. The normalized spacial score (nSPS) is 10.9. The highest BCUT2D eigenvalue weighted by Gasteiger charge is 2.07. The molecule has 2 aromatic rings. The van der Waals surface area contributed by atoms with E-state index < -0.39 is 17.1 Å². The molecule has 0 saturated carbocycles. The van der Waals surface area contributed by atoms with Gasteiger partial charge < -0.3 is 10.1 Å². The number of aliphatic hydroxyl groups excluding tert-OH is 1. The molecular weight excluding hydrogens is 215 g/mol. The Kier molecular flexibility index (Phi) is 2.57. The van der Waals surface area contributed by atoms with E-state index in [-0.39, 0.29) is 24.1 Å². The molecule has 0 unspecified atom stereocenters. The van der Waals surface area contributed by atoms with E-state index in [2.05, 4.69) is 4.98 Å². The van der Waals surface area contributed by atoms with Crippen LogP contribution in [0.15, 0.2) is 27.8 Å². The lowest BCUT2D eigenvalue weighted by atomic mass is 10.2. The van der Waals surface area contributed by atoms with E-state index in [1.165, 1.54) is 6.07 Å². The summed E-state index contributed by atoms with van der Waals surface area (Å²) in [5, 5.41) is 8.93. The summed E-state index contributed by atoms with van der Waals surface area (Å²) >= 11 is 0. The molecule has 0 saturated heterocycles. The number of fused-ring (bicyclic) bond motifs is 1. The van der Waals surface area contributed by atoms with Crippen molar-refractivity contribution in [2.75, 3.05) is 6.61 Å². The van der Waals surface area contributed by atoms with Crippen LogP contribution in [0.5, 0.6) is 0 Å². The number of aliphatic hydroxyl groups is 1. The van der Waals surface area contributed by atoms with E-state index in [4.69, 9.17) is 5.11 Å². The highest BCUT2D eigenvalue weighted by molar-refractivity contribution is 5.77. The monoisotopic (exact) mass is 224 g/mol. The van der Waals surface area contributed by atoms with E-state index in [9.17, 15) is 14.0 Å². The van der Waals surface area contributed by atoms with Gasteiger partial charge in [-0.3, -0.25) is 9.36 Å². The zero-order chi connectivity index (χ0) is 11.7. The van der Waals surface area contributed by atoms with Crippen molar-refractivity contribution in [3.8, 4) is 0 Å². The lowest BCUT2D eigenvalue weighted by Gasteiger charge is -2.03. The van der Waals surface area contributed by atoms with Crippen molar-refractivity contribution in [3.63, 3.8) is 0 Å². The average Bonchev–Trinajstić information content (AvgIpc) is 2.23. The predicted octanol–water partition coefficient (Wildman–Crippen LogP) is -0.179. The smallest absolute Gasteiger partial charge is 0.328 e. The molecule has 0 fully saturated rings. The second kappa shape index (κ2) is 3.90.